The van der Waals surface area contributed by atoms with E-state index < -0.39 is 34.2 Å². The Morgan fingerprint density at radius 2 is 1.76 bits per heavy atom. The molecule has 2 unspecified atom stereocenters. The van der Waals surface area contributed by atoms with Crippen LogP contribution in [0.1, 0.15) is 65.5 Å². The number of carbonyl (C=O) groups is 3. The molecule has 0 radical (unpaired) electrons. The van der Waals surface area contributed by atoms with Gasteiger partial charge in [0.25, 0.3) is 0 Å². The molecular weight excluding hydrogens is 534 g/mol. The van der Waals surface area contributed by atoms with E-state index in [0.717, 1.165) is 18.4 Å². The molecule has 3 amide bonds. The van der Waals surface area contributed by atoms with Crippen molar-refractivity contribution in [1.82, 2.24) is 14.7 Å². The molecule has 3 fully saturated rings. The van der Waals surface area contributed by atoms with Crippen LogP contribution in [0, 0.1) is 17.3 Å². The highest BCUT2D eigenvalue weighted by molar-refractivity contribution is 8.02. The fraction of sp³-hybridized carbons (Fsp3) is 0.606. The molecule has 1 spiro atoms. The van der Waals surface area contributed by atoms with Crippen molar-refractivity contribution in [3.63, 3.8) is 0 Å². The maximum Gasteiger partial charge on any atom is 0.247 e. The molecule has 3 aliphatic heterocycles. The minimum atomic E-state index is -0.811. The van der Waals surface area contributed by atoms with Gasteiger partial charge in [-0.2, -0.15) is 0 Å². The van der Waals surface area contributed by atoms with Gasteiger partial charge in [0.15, 0.2) is 0 Å². The number of benzene rings is 1. The summed E-state index contributed by atoms with van der Waals surface area (Å²) in [5.74, 6) is -1.57. The number of likely N-dealkylation sites (N-methyl/N-ethyl adjacent to an activating group) is 1. The second-order valence-electron chi connectivity index (χ2n) is 13.7. The molecule has 2 bridgehead atoms. The molecule has 8 heteroatoms. The first kappa shape index (κ1) is 31.4. The first-order chi connectivity index (χ1) is 19.2. The van der Waals surface area contributed by atoms with Crippen LogP contribution in [-0.2, 0) is 14.4 Å². The molecule has 7 nitrogen and oxygen atoms in total. The van der Waals surface area contributed by atoms with E-state index in [1.54, 1.807) is 40.8 Å². The van der Waals surface area contributed by atoms with Gasteiger partial charge in [-0.25, -0.2) is 0 Å². The third kappa shape index (κ3) is 5.50. The van der Waals surface area contributed by atoms with Crippen molar-refractivity contribution in [2.75, 3.05) is 26.7 Å². The molecule has 224 valence electrons. The van der Waals surface area contributed by atoms with Crippen molar-refractivity contribution < 1.29 is 19.5 Å². The van der Waals surface area contributed by atoms with E-state index in [1.807, 2.05) is 35.2 Å². The van der Waals surface area contributed by atoms with Crippen molar-refractivity contribution in [2.45, 2.75) is 81.5 Å². The van der Waals surface area contributed by atoms with Gasteiger partial charge in [0.1, 0.15) is 6.04 Å². The lowest BCUT2D eigenvalue weighted by molar-refractivity contribution is -0.149. The first-order valence-electron chi connectivity index (χ1n) is 14.7. The average Bonchev–Trinajstić information content (AvgIpc) is 3.54. The van der Waals surface area contributed by atoms with Crippen LogP contribution in [0.3, 0.4) is 0 Å². The maximum absolute atomic E-state index is 15.0. The first-order valence-corrected chi connectivity index (χ1v) is 15.6. The van der Waals surface area contributed by atoms with Crippen LogP contribution in [0.25, 0.3) is 0 Å². The SMILES string of the molecule is C=CCN(C)C(=O)[C@@H]1[C@H]2C(=O)N([C@H](CO)c3ccccc3)C(C(=O)N(CC=C)C(C)(C)CC(C)(C)C)C23CC[C@H]1S3. The summed E-state index contributed by atoms with van der Waals surface area (Å²) in [6, 6.07) is 7.91. The van der Waals surface area contributed by atoms with Crippen molar-refractivity contribution in [1.29, 1.82) is 0 Å². The highest BCUT2D eigenvalue weighted by atomic mass is 32.2. The summed E-state index contributed by atoms with van der Waals surface area (Å²) in [6.07, 6.45) is 5.63. The van der Waals surface area contributed by atoms with E-state index in [-0.39, 0.29) is 35.0 Å². The third-order valence-electron chi connectivity index (χ3n) is 9.00. The van der Waals surface area contributed by atoms with Crippen molar-refractivity contribution in [3.05, 3.63) is 61.2 Å². The number of aliphatic hydroxyl groups is 1. The quantitative estimate of drug-likeness (QED) is 0.384. The Labute approximate surface area is 250 Å². The number of aliphatic hydroxyl groups excluding tert-OH is 1. The zero-order valence-electron chi connectivity index (χ0n) is 25.5. The molecule has 4 rings (SSSR count). The molecule has 1 N–H and O–H groups in total. The summed E-state index contributed by atoms with van der Waals surface area (Å²) in [6.45, 7) is 18.8. The van der Waals surface area contributed by atoms with Crippen LogP contribution in [-0.4, -0.2) is 85.8 Å². The van der Waals surface area contributed by atoms with Gasteiger partial charge in [-0.15, -0.1) is 24.9 Å². The Morgan fingerprint density at radius 3 is 2.32 bits per heavy atom. The van der Waals surface area contributed by atoms with E-state index in [2.05, 4.69) is 47.8 Å². The molecule has 1 aromatic rings. The molecule has 3 aliphatic rings. The van der Waals surface area contributed by atoms with Crippen molar-refractivity contribution in [3.8, 4) is 0 Å². The van der Waals surface area contributed by atoms with Gasteiger partial charge in [0, 0.05) is 30.9 Å². The van der Waals surface area contributed by atoms with Gasteiger partial charge >= 0.3 is 0 Å². The Morgan fingerprint density at radius 1 is 1.12 bits per heavy atom. The lowest BCUT2D eigenvalue weighted by Gasteiger charge is -2.46. The number of likely N-dealkylation sites (tertiary alicyclic amines) is 1. The summed E-state index contributed by atoms with van der Waals surface area (Å²) in [5, 5.41) is 10.7. The predicted octanol–water partition coefficient (Wildman–Crippen LogP) is 4.69. The van der Waals surface area contributed by atoms with Gasteiger partial charge in [-0.3, -0.25) is 14.4 Å². The van der Waals surface area contributed by atoms with Crippen molar-refractivity contribution in [2.24, 2.45) is 17.3 Å². The number of rotatable bonds is 11. The van der Waals surface area contributed by atoms with Crippen LogP contribution in [0.15, 0.2) is 55.6 Å². The zero-order chi connectivity index (χ0) is 30.3. The number of hydrogen-bond donors (Lipinski definition) is 1. The highest BCUT2D eigenvalue weighted by Crippen LogP contribution is 2.67. The highest BCUT2D eigenvalue weighted by Gasteiger charge is 2.75. The Balaban J connectivity index is 1.86. The van der Waals surface area contributed by atoms with E-state index in [0.29, 0.717) is 19.5 Å². The summed E-state index contributed by atoms with van der Waals surface area (Å²) in [5.41, 5.74) is 0.212. The molecular formula is C33H47N3O4S. The molecule has 41 heavy (non-hydrogen) atoms. The van der Waals surface area contributed by atoms with Gasteiger partial charge in [-0.05, 0) is 44.1 Å². The zero-order valence-corrected chi connectivity index (χ0v) is 26.3. The smallest absolute Gasteiger partial charge is 0.247 e. The van der Waals surface area contributed by atoms with E-state index in [4.69, 9.17) is 0 Å². The predicted molar refractivity (Wildman–Crippen MR) is 165 cm³/mol. The Kier molecular flexibility index (Phi) is 8.87. The van der Waals surface area contributed by atoms with Gasteiger partial charge in [0.2, 0.25) is 17.7 Å². The summed E-state index contributed by atoms with van der Waals surface area (Å²) >= 11 is 1.66. The molecule has 3 heterocycles. The molecule has 6 atom stereocenters. The van der Waals surface area contributed by atoms with Gasteiger partial charge < -0.3 is 19.8 Å². The second-order valence-corrected chi connectivity index (χ2v) is 15.3. The number of fused-ring (bicyclic) bond motifs is 1. The van der Waals surface area contributed by atoms with Crippen LogP contribution in [0.5, 0.6) is 0 Å². The van der Waals surface area contributed by atoms with Crippen LogP contribution >= 0.6 is 11.8 Å². The number of amides is 3. The number of thioether (sulfide) groups is 1. The molecule has 0 saturated carbocycles. The topological polar surface area (TPSA) is 81.2 Å². The van der Waals surface area contributed by atoms with Crippen molar-refractivity contribution >= 4 is 29.5 Å². The summed E-state index contributed by atoms with van der Waals surface area (Å²) in [7, 11) is 1.74. The summed E-state index contributed by atoms with van der Waals surface area (Å²) < 4.78 is -0.742. The van der Waals surface area contributed by atoms with E-state index in [9.17, 15) is 19.5 Å². The minimum Gasteiger partial charge on any atom is -0.394 e. The third-order valence-corrected chi connectivity index (χ3v) is 11.0. The molecule has 0 aliphatic carbocycles. The van der Waals surface area contributed by atoms with Crippen LogP contribution < -0.4 is 0 Å². The standard InChI is InChI=1S/C33H47N3O4S/c1-9-18-34(8)28(38)25-24-16-17-33(41-24)26(25)29(39)36(23(20-37)22-14-12-11-13-15-22)27(33)30(40)35(19-10-2)32(6,7)21-31(3,4)5/h9-15,23-27,37H,1-2,16-21H2,3-8H3/t23-,24-,25+,26+,27?,33?/m1/s1. The number of hydrogen-bond acceptors (Lipinski definition) is 5. The Bertz CT molecular complexity index is 1180. The van der Waals surface area contributed by atoms with Crippen LogP contribution in [0.4, 0.5) is 0 Å². The number of nitrogens with zero attached hydrogens (tertiary/aromatic N) is 3. The monoisotopic (exact) mass is 581 g/mol. The minimum absolute atomic E-state index is 0.0269. The normalized spacial score (nSPS) is 27.9. The largest absolute Gasteiger partial charge is 0.394 e. The van der Waals surface area contributed by atoms with Gasteiger partial charge in [0.05, 0.1) is 29.2 Å². The molecule has 1 aromatic carbocycles. The Hall–Kier alpha value is -2.58. The second kappa shape index (κ2) is 11.6. The lowest BCUT2D eigenvalue weighted by Crippen LogP contribution is -2.60. The lowest BCUT2D eigenvalue weighted by atomic mass is 9.70. The van der Waals surface area contributed by atoms with E-state index in [1.165, 1.54) is 0 Å². The van der Waals surface area contributed by atoms with Crippen LogP contribution in [0.2, 0.25) is 0 Å². The molecule has 3 saturated heterocycles. The number of carbonyl (C=O) groups excluding carboxylic acids is 3. The fourth-order valence-corrected chi connectivity index (χ4v) is 10.1. The average molecular weight is 582 g/mol. The molecule has 0 aromatic heterocycles. The fourth-order valence-electron chi connectivity index (χ4n) is 7.86. The van der Waals surface area contributed by atoms with E-state index >= 15 is 0 Å². The summed E-state index contributed by atoms with van der Waals surface area (Å²) in [4.78, 5) is 48.6. The van der Waals surface area contributed by atoms with Gasteiger partial charge in [-0.1, -0.05) is 63.3 Å². The maximum atomic E-state index is 15.0.